The summed E-state index contributed by atoms with van der Waals surface area (Å²) in [6.45, 7) is 2.01. The third kappa shape index (κ3) is 3.26. The molecule has 1 aliphatic heterocycles. The molecule has 0 spiro atoms. The lowest BCUT2D eigenvalue weighted by atomic mass is 10.1. The van der Waals surface area contributed by atoms with Crippen LogP contribution >= 0.6 is 0 Å². The van der Waals surface area contributed by atoms with E-state index in [-0.39, 0.29) is 18.1 Å². The van der Waals surface area contributed by atoms with Gasteiger partial charge in [0.25, 0.3) is 0 Å². The number of nitrogens with zero attached hydrogens (tertiary/aromatic N) is 6. The lowest BCUT2D eigenvalue weighted by Gasteiger charge is -2.28. The molecule has 0 bridgehead atoms. The van der Waals surface area contributed by atoms with Gasteiger partial charge in [-0.05, 0) is 19.9 Å². The van der Waals surface area contributed by atoms with Crippen molar-refractivity contribution in [1.29, 1.82) is 0 Å². The standard InChI is InChI=1S/C12H18N8O/c1-19-5-2-9(3-6-19)21-12-16-10(18-13)15-11(17-12)20-7-4-14-8-20/h4,7-9H,2-3,5-6,13H2,1H3,(H,15,16,17,18). The molecule has 2 aromatic heterocycles. The summed E-state index contributed by atoms with van der Waals surface area (Å²) in [6.07, 6.45) is 7.02. The molecule has 0 amide bonds. The van der Waals surface area contributed by atoms with Gasteiger partial charge in [-0.25, -0.2) is 10.8 Å². The molecule has 0 saturated carbocycles. The molecule has 21 heavy (non-hydrogen) atoms. The van der Waals surface area contributed by atoms with Crippen LogP contribution in [0.1, 0.15) is 12.8 Å². The Morgan fingerprint density at radius 3 is 2.76 bits per heavy atom. The van der Waals surface area contributed by atoms with Crippen LogP contribution in [0.3, 0.4) is 0 Å². The summed E-state index contributed by atoms with van der Waals surface area (Å²) in [5.41, 5.74) is 2.43. The highest BCUT2D eigenvalue weighted by atomic mass is 16.5. The number of nitrogens with two attached hydrogens (primary N) is 1. The lowest BCUT2D eigenvalue weighted by molar-refractivity contribution is 0.105. The van der Waals surface area contributed by atoms with Crippen molar-refractivity contribution in [2.75, 3.05) is 25.6 Å². The molecule has 9 nitrogen and oxygen atoms in total. The molecule has 0 radical (unpaired) electrons. The first-order valence-corrected chi connectivity index (χ1v) is 6.81. The Hall–Kier alpha value is -2.26. The average Bonchev–Trinajstić information content (AvgIpc) is 3.04. The van der Waals surface area contributed by atoms with E-state index in [1.54, 1.807) is 23.3 Å². The van der Waals surface area contributed by atoms with Gasteiger partial charge in [0.1, 0.15) is 12.4 Å². The van der Waals surface area contributed by atoms with E-state index < -0.39 is 0 Å². The highest BCUT2D eigenvalue weighted by molar-refractivity contribution is 5.28. The summed E-state index contributed by atoms with van der Waals surface area (Å²) in [6, 6.07) is 0.274. The van der Waals surface area contributed by atoms with Crippen LogP contribution in [0, 0.1) is 0 Å². The molecule has 1 aliphatic rings. The van der Waals surface area contributed by atoms with Crippen LogP contribution in [0.5, 0.6) is 6.01 Å². The first-order valence-electron chi connectivity index (χ1n) is 6.81. The topological polar surface area (TPSA) is 107 Å². The first-order chi connectivity index (χ1) is 10.2. The van der Waals surface area contributed by atoms with Gasteiger partial charge in [-0.1, -0.05) is 0 Å². The Kier molecular flexibility index (Phi) is 3.93. The number of likely N-dealkylation sites (tertiary alicyclic amines) is 1. The summed E-state index contributed by atoms with van der Waals surface area (Å²) in [5, 5.41) is 0. The van der Waals surface area contributed by atoms with Gasteiger partial charge in [-0.15, -0.1) is 0 Å². The number of ether oxygens (including phenoxy) is 1. The van der Waals surface area contributed by atoms with Gasteiger partial charge in [0.2, 0.25) is 11.9 Å². The van der Waals surface area contributed by atoms with Gasteiger partial charge in [0, 0.05) is 25.5 Å². The predicted molar refractivity (Wildman–Crippen MR) is 75.9 cm³/mol. The van der Waals surface area contributed by atoms with Crippen molar-refractivity contribution < 1.29 is 4.74 Å². The Balaban J connectivity index is 1.79. The lowest BCUT2D eigenvalue weighted by Crippen LogP contribution is -2.36. The van der Waals surface area contributed by atoms with Crippen LogP contribution in [0.4, 0.5) is 5.95 Å². The summed E-state index contributed by atoms with van der Waals surface area (Å²) in [4.78, 5) is 18.9. The number of rotatable bonds is 4. The van der Waals surface area contributed by atoms with Crippen LogP contribution in [0.25, 0.3) is 5.95 Å². The number of hydrazine groups is 1. The van der Waals surface area contributed by atoms with Crippen molar-refractivity contribution in [3.8, 4) is 12.0 Å². The summed E-state index contributed by atoms with van der Waals surface area (Å²) in [7, 11) is 2.10. The normalized spacial score (nSPS) is 16.9. The van der Waals surface area contributed by atoms with Crippen LogP contribution in [-0.2, 0) is 0 Å². The molecule has 9 heteroatoms. The minimum atomic E-state index is 0.116. The Labute approximate surface area is 122 Å². The van der Waals surface area contributed by atoms with Crippen molar-refractivity contribution >= 4 is 5.95 Å². The summed E-state index contributed by atoms with van der Waals surface area (Å²) in [5.74, 6) is 6.08. The number of anilines is 1. The van der Waals surface area contributed by atoms with Gasteiger partial charge >= 0.3 is 6.01 Å². The number of piperidine rings is 1. The van der Waals surface area contributed by atoms with Gasteiger partial charge in [-0.3, -0.25) is 9.99 Å². The summed E-state index contributed by atoms with van der Waals surface area (Å²) >= 11 is 0. The van der Waals surface area contributed by atoms with Gasteiger partial charge in [-0.2, -0.15) is 15.0 Å². The second kappa shape index (κ2) is 6.02. The summed E-state index contributed by atoms with van der Waals surface area (Å²) < 4.78 is 7.54. The van der Waals surface area contributed by atoms with E-state index in [1.165, 1.54) is 0 Å². The fraction of sp³-hybridized carbons (Fsp3) is 0.500. The number of imidazole rings is 1. The fourth-order valence-electron chi connectivity index (χ4n) is 2.21. The van der Waals surface area contributed by atoms with E-state index in [2.05, 4.69) is 37.3 Å². The molecular formula is C12H18N8O. The third-order valence-corrected chi connectivity index (χ3v) is 3.41. The molecule has 0 aliphatic carbocycles. The smallest absolute Gasteiger partial charge is 0.323 e. The number of hydrogen-bond donors (Lipinski definition) is 2. The maximum absolute atomic E-state index is 5.87. The van der Waals surface area contributed by atoms with Crippen molar-refractivity contribution in [2.24, 2.45) is 5.84 Å². The molecule has 2 aromatic rings. The quantitative estimate of drug-likeness (QED) is 0.589. The number of nitrogens with one attached hydrogen (secondary N) is 1. The SMILES string of the molecule is CN1CCC(Oc2nc(NN)nc(-n3ccnc3)n2)CC1. The molecule has 0 unspecified atom stereocenters. The Morgan fingerprint density at radius 2 is 2.10 bits per heavy atom. The van der Waals surface area contributed by atoms with Gasteiger partial charge in [0.15, 0.2) is 0 Å². The second-order valence-electron chi connectivity index (χ2n) is 4.98. The molecule has 1 saturated heterocycles. The van der Waals surface area contributed by atoms with Crippen molar-refractivity contribution in [3.05, 3.63) is 18.7 Å². The molecule has 3 rings (SSSR count). The highest BCUT2D eigenvalue weighted by Crippen LogP contribution is 2.17. The number of aromatic nitrogens is 5. The van der Waals surface area contributed by atoms with Crippen LogP contribution in [-0.4, -0.2) is 55.6 Å². The van der Waals surface area contributed by atoms with E-state index in [0.717, 1.165) is 25.9 Å². The zero-order valence-corrected chi connectivity index (χ0v) is 11.8. The van der Waals surface area contributed by atoms with E-state index in [9.17, 15) is 0 Å². The van der Waals surface area contributed by atoms with E-state index in [1.807, 2.05) is 0 Å². The molecule has 3 heterocycles. The monoisotopic (exact) mass is 290 g/mol. The van der Waals surface area contributed by atoms with Crippen molar-refractivity contribution in [1.82, 2.24) is 29.4 Å². The minimum absolute atomic E-state index is 0.116. The maximum Gasteiger partial charge on any atom is 0.323 e. The Bertz CT molecular complexity index is 579. The van der Waals surface area contributed by atoms with Crippen LogP contribution < -0.4 is 16.0 Å². The zero-order chi connectivity index (χ0) is 14.7. The largest absolute Gasteiger partial charge is 0.460 e. The molecule has 112 valence electrons. The molecule has 0 atom stereocenters. The first kappa shape index (κ1) is 13.7. The van der Waals surface area contributed by atoms with E-state index in [4.69, 9.17) is 10.6 Å². The average molecular weight is 290 g/mol. The minimum Gasteiger partial charge on any atom is -0.460 e. The number of nitrogen functional groups attached to an aromatic ring is 1. The maximum atomic E-state index is 5.87. The van der Waals surface area contributed by atoms with E-state index in [0.29, 0.717) is 5.95 Å². The van der Waals surface area contributed by atoms with Crippen molar-refractivity contribution in [2.45, 2.75) is 18.9 Å². The zero-order valence-electron chi connectivity index (χ0n) is 11.8. The van der Waals surface area contributed by atoms with E-state index >= 15 is 0 Å². The third-order valence-electron chi connectivity index (χ3n) is 3.41. The highest BCUT2D eigenvalue weighted by Gasteiger charge is 2.20. The van der Waals surface area contributed by atoms with Gasteiger partial charge < -0.3 is 9.64 Å². The van der Waals surface area contributed by atoms with Crippen LogP contribution in [0.15, 0.2) is 18.7 Å². The van der Waals surface area contributed by atoms with Crippen molar-refractivity contribution in [3.63, 3.8) is 0 Å². The van der Waals surface area contributed by atoms with Crippen LogP contribution in [0.2, 0.25) is 0 Å². The predicted octanol–water partition coefficient (Wildman–Crippen LogP) is -0.184. The number of hydrogen-bond acceptors (Lipinski definition) is 8. The molecule has 3 N–H and O–H groups in total. The molecule has 0 aromatic carbocycles. The molecule has 1 fully saturated rings. The second-order valence-corrected chi connectivity index (χ2v) is 4.98. The van der Waals surface area contributed by atoms with Gasteiger partial charge in [0.05, 0.1) is 0 Å². The fourth-order valence-corrected chi connectivity index (χ4v) is 2.21. The Morgan fingerprint density at radius 1 is 1.29 bits per heavy atom. The molecular weight excluding hydrogens is 272 g/mol.